The summed E-state index contributed by atoms with van der Waals surface area (Å²) in [5.41, 5.74) is 7.64. The third-order valence-electron chi connectivity index (χ3n) is 2.83. The summed E-state index contributed by atoms with van der Waals surface area (Å²) in [5, 5.41) is 8.01. The summed E-state index contributed by atoms with van der Waals surface area (Å²) in [4.78, 5) is 4.21. The second-order valence-electron chi connectivity index (χ2n) is 4.17. The van der Waals surface area contributed by atoms with Crippen LogP contribution in [0.5, 0.6) is 0 Å². The summed E-state index contributed by atoms with van der Waals surface area (Å²) in [5.74, 6) is 0.711. The zero-order chi connectivity index (χ0) is 13.9. The fourth-order valence-corrected chi connectivity index (χ4v) is 2.23. The van der Waals surface area contributed by atoms with Crippen molar-refractivity contribution in [3.8, 4) is 11.6 Å². The molecule has 3 rings (SSSR count). The molecule has 0 saturated carbocycles. The summed E-state index contributed by atoms with van der Waals surface area (Å²) in [6.45, 7) is 0. The number of halogens is 1. The van der Waals surface area contributed by atoms with Crippen molar-refractivity contribution >= 4 is 15.9 Å². The molecular weight excluding hydrogens is 320 g/mol. The molecule has 0 radical (unpaired) electrons. The Labute approximate surface area is 124 Å². The van der Waals surface area contributed by atoms with Crippen LogP contribution in [0.4, 0.5) is 0 Å². The second kappa shape index (κ2) is 5.52. The van der Waals surface area contributed by atoms with Gasteiger partial charge in [-0.15, -0.1) is 10.2 Å². The fourth-order valence-electron chi connectivity index (χ4n) is 1.80. The number of pyridine rings is 1. The molecule has 0 saturated heterocycles. The maximum absolute atomic E-state index is 6.12. The highest BCUT2D eigenvalue weighted by molar-refractivity contribution is 9.10. The van der Waals surface area contributed by atoms with Gasteiger partial charge in [0.25, 0.3) is 5.89 Å². The Morgan fingerprint density at radius 3 is 2.60 bits per heavy atom. The standard InChI is InChI=1S/C14H11BrN4O/c15-10-7-4-8-17-12(10)14-19-18-13(20-14)11(16)9-5-2-1-3-6-9/h1-8,11H,16H2. The molecular formula is C14H11BrN4O. The molecule has 2 N–H and O–H groups in total. The van der Waals surface area contributed by atoms with Crippen LogP contribution >= 0.6 is 15.9 Å². The largest absolute Gasteiger partial charge is 0.417 e. The molecule has 20 heavy (non-hydrogen) atoms. The first kappa shape index (κ1) is 13.0. The van der Waals surface area contributed by atoms with E-state index in [1.807, 2.05) is 42.5 Å². The SMILES string of the molecule is NC(c1ccccc1)c1nnc(-c2ncccc2Br)o1. The molecule has 3 aromatic rings. The highest BCUT2D eigenvalue weighted by atomic mass is 79.9. The third-order valence-corrected chi connectivity index (χ3v) is 3.47. The normalized spacial score (nSPS) is 12.3. The van der Waals surface area contributed by atoms with Crippen LogP contribution in [0, 0.1) is 0 Å². The predicted octanol–water partition coefficient (Wildman–Crippen LogP) is 2.94. The van der Waals surface area contributed by atoms with Gasteiger partial charge in [0.1, 0.15) is 11.7 Å². The molecule has 2 aromatic heterocycles. The molecule has 1 atom stereocenters. The van der Waals surface area contributed by atoms with Crippen LogP contribution in [-0.4, -0.2) is 15.2 Å². The van der Waals surface area contributed by atoms with E-state index in [1.165, 1.54) is 0 Å². The number of nitrogens with two attached hydrogens (primary N) is 1. The third kappa shape index (κ3) is 2.48. The van der Waals surface area contributed by atoms with Crippen LogP contribution in [0.15, 0.2) is 57.6 Å². The Balaban J connectivity index is 1.93. The summed E-state index contributed by atoms with van der Waals surface area (Å²) in [6.07, 6.45) is 1.67. The van der Waals surface area contributed by atoms with Gasteiger partial charge in [0.05, 0.1) is 0 Å². The zero-order valence-electron chi connectivity index (χ0n) is 10.4. The average molecular weight is 331 g/mol. The smallest absolute Gasteiger partial charge is 0.267 e. The van der Waals surface area contributed by atoms with Crippen LogP contribution in [0.2, 0.25) is 0 Å². The molecule has 0 aliphatic rings. The van der Waals surface area contributed by atoms with Crippen LogP contribution in [0.3, 0.4) is 0 Å². The van der Waals surface area contributed by atoms with E-state index in [9.17, 15) is 0 Å². The number of nitrogens with zero attached hydrogens (tertiary/aromatic N) is 3. The van der Waals surface area contributed by atoms with E-state index in [2.05, 4.69) is 31.1 Å². The monoisotopic (exact) mass is 330 g/mol. The highest BCUT2D eigenvalue weighted by Crippen LogP contribution is 2.26. The fraction of sp³-hybridized carbons (Fsp3) is 0.0714. The minimum atomic E-state index is -0.445. The lowest BCUT2D eigenvalue weighted by Crippen LogP contribution is -2.11. The van der Waals surface area contributed by atoms with Gasteiger partial charge < -0.3 is 10.2 Å². The Hall–Kier alpha value is -2.05. The number of benzene rings is 1. The van der Waals surface area contributed by atoms with Crippen LogP contribution in [0.1, 0.15) is 17.5 Å². The van der Waals surface area contributed by atoms with Crippen LogP contribution in [0.25, 0.3) is 11.6 Å². The van der Waals surface area contributed by atoms with Gasteiger partial charge in [-0.25, -0.2) is 4.98 Å². The maximum Gasteiger partial charge on any atom is 0.267 e. The molecule has 0 fully saturated rings. The predicted molar refractivity (Wildman–Crippen MR) is 77.7 cm³/mol. The zero-order valence-corrected chi connectivity index (χ0v) is 12.0. The van der Waals surface area contributed by atoms with Crippen molar-refractivity contribution in [3.05, 3.63) is 64.6 Å². The van der Waals surface area contributed by atoms with Gasteiger partial charge in [-0.3, -0.25) is 0 Å². The average Bonchev–Trinajstić information content (AvgIpc) is 2.97. The van der Waals surface area contributed by atoms with Crippen LogP contribution < -0.4 is 5.73 Å². The molecule has 0 spiro atoms. The Morgan fingerprint density at radius 1 is 1.05 bits per heavy atom. The van der Waals surface area contributed by atoms with E-state index < -0.39 is 6.04 Å². The number of hydrogen-bond acceptors (Lipinski definition) is 5. The molecule has 100 valence electrons. The Morgan fingerprint density at radius 2 is 1.85 bits per heavy atom. The van der Waals surface area contributed by atoms with Crippen molar-refractivity contribution in [2.75, 3.05) is 0 Å². The topological polar surface area (TPSA) is 77.8 Å². The molecule has 0 aliphatic heterocycles. The molecule has 5 nitrogen and oxygen atoms in total. The molecule has 1 unspecified atom stereocenters. The van der Waals surface area contributed by atoms with Crippen molar-refractivity contribution in [3.63, 3.8) is 0 Å². The molecule has 1 aromatic carbocycles. The summed E-state index contributed by atoms with van der Waals surface area (Å²) < 4.78 is 6.42. The van der Waals surface area contributed by atoms with E-state index in [1.54, 1.807) is 6.20 Å². The van der Waals surface area contributed by atoms with E-state index >= 15 is 0 Å². The quantitative estimate of drug-likeness (QED) is 0.798. The van der Waals surface area contributed by atoms with Gasteiger partial charge in [-0.05, 0) is 33.6 Å². The van der Waals surface area contributed by atoms with Gasteiger partial charge in [0.15, 0.2) is 0 Å². The van der Waals surface area contributed by atoms with Crippen LogP contribution in [-0.2, 0) is 0 Å². The first-order valence-electron chi connectivity index (χ1n) is 6.00. The second-order valence-corrected chi connectivity index (χ2v) is 5.02. The molecule has 6 heteroatoms. The number of hydrogen-bond donors (Lipinski definition) is 1. The maximum atomic E-state index is 6.12. The molecule has 0 amide bonds. The van der Waals surface area contributed by atoms with E-state index in [-0.39, 0.29) is 0 Å². The van der Waals surface area contributed by atoms with E-state index in [4.69, 9.17) is 10.2 Å². The number of aromatic nitrogens is 3. The Kier molecular flexibility index (Phi) is 3.58. The van der Waals surface area contributed by atoms with Crippen molar-refractivity contribution < 1.29 is 4.42 Å². The summed E-state index contributed by atoms with van der Waals surface area (Å²) in [7, 11) is 0. The first-order valence-corrected chi connectivity index (χ1v) is 6.80. The van der Waals surface area contributed by atoms with Gasteiger partial charge in [-0.1, -0.05) is 30.3 Å². The van der Waals surface area contributed by atoms with Crippen molar-refractivity contribution in [1.82, 2.24) is 15.2 Å². The van der Waals surface area contributed by atoms with Crippen molar-refractivity contribution in [2.45, 2.75) is 6.04 Å². The molecule has 2 heterocycles. The Bertz CT molecular complexity index is 714. The van der Waals surface area contributed by atoms with Crippen molar-refractivity contribution in [1.29, 1.82) is 0 Å². The minimum absolute atomic E-state index is 0.346. The summed E-state index contributed by atoms with van der Waals surface area (Å²) in [6, 6.07) is 12.9. The minimum Gasteiger partial charge on any atom is -0.417 e. The molecule has 0 aliphatic carbocycles. The van der Waals surface area contributed by atoms with Gasteiger partial charge >= 0.3 is 0 Å². The van der Waals surface area contributed by atoms with Crippen molar-refractivity contribution in [2.24, 2.45) is 5.73 Å². The van der Waals surface area contributed by atoms with Gasteiger partial charge in [-0.2, -0.15) is 0 Å². The van der Waals surface area contributed by atoms with E-state index in [0.29, 0.717) is 17.5 Å². The van der Waals surface area contributed by atoms with Gasteiger partial charge in [0, 0.05) is 10.7 Å². The molecule has 0 bridgehead atoms. The number of rotatable bonds is 3. The lowest BCUT2D eigenvalue weighted by Gasteiger charge is -2.06. The lowest BCUT2D eigenvalue weighted by molar-refractivity contribution is 0.482. The lowest BCUT2D eigenvalue weighted by atomic mass is 10.1. The first-order chi connectivity index (χ1) is 9.75. The van der Waals surface area contributed by atoms with E-state index in [0.717, 1.165) is 10.0 Å². The summed E-state index contributed by atoms with van der Waals surface area (Å²) >= 11 is 3.40. The van der Waals surface area contributed by atoms with Gasteiger partial charge in [0.2, 0.25) is 5.89 Å². The highest BCUT2D eigenvalue weighted by Gasteiger charge is 2.18.